The van der Waals surface area contributed by atoms with Gasteiger partial charge in [0.1, 0.15) is 12.4 Å². The van der Waals surface area contributed by atoms with Gasteiger partial charge in [-0.3, -0.25) is 4.79 Å². The summed E-state index contributed by atoms with van der Waals surface area (Å²) in [5, 5.41) is 4.95. The van der Waals surface area contributed by atoms with E-state index in [9.17, 15) is 14.0 Å². The number of urea groups is 1. The molecule has 0 aliphatic carbocycles. The zero-order valence-electron chi connectivity index (χ0n) is 20.7. The van der Waals surface area contributed by atoms with Crippen molar-refractivity contribution in [3.63, 3.8) is 0 Å². The van der Waals surface area contributed by atoms with Crippen LogP contribution in [0.3, 0.4) is 0 Å². The maximum Gasteiger partial charge on any atom is 0.322 e. The maximum atomic E-state index is 13.6. The van der Waals surface area contributed by atoms with Crippen LogP contribution >= 0.6 is 11.3 Å². The number of ether oxygens (including phenoxy) is 1. The summed E-state index contributed by atoms with van der Waals surface area (Å²) in [6.45, 7) is 5.62. The Kier molecular flexibility index (Phi) is 8.72. The van der Waals surface area contributed by atoms with Crippen molar-refractivity contribution in [2.24, 2.45) is 0 Å². The number of nitrogens with one attached hydrogen (secondary N) is 1. The van der Waals surface area contributed by atoms with Gasteiger partial charge >= 0.3 is 6.03 Å². The summed E-state index contributed by atoms with van der Waals surface area (Å²) in [5.41, 5.74) is 3.62. The van der Waals surface area contributed by atoms with Crippen molar-refractivity contribution >= 4 is 29.0 Å². The van der Waals surface area contributed by atoms with Gasteiger partial charge in [0.15, 0.2) is 0 Å². The number of benzene rings is 2. The summed E-state index contributed by atoms with van der Waals surface area (Å²) in [7, 11) is 0. The minimum absolute atomic E-state index is 0.0802. The third-order valence-corrected chi connectivity index (χ3v) is 7.11. The van der Waals surface area contributed by atoms with Crippen LogP contribution in [0.1, 0.15) is 34.4 Å². The zero-order valence-corrected chi connectivity index (χ0v) is 21.5. The molecule has 1 aliphatic heterocycles. The first-order valence-corrected chi connectivity index (χ1v) is 13.0. The highest BCUT2D eigenvalue weighted by Gasteiger charge is 2.27. The van der Waals surface area contributed by atoms with E-state index < -0.39 is 0 Å². The van der Waals surface area contributed by atoms with Gasteiger partial charge in [-0.1, -0.05) is 35.9 Å². The van der Waals surface area contributed by atoms with Crippen LogP contribution in [0.5, 0.6) is 0 Å². The molecule has 0 unspecified atom stereocenters. The highest BCUT2D eigenvalue weighted by molar-refractivity contribution is 7.09. The molecule has 6 nitrogen and oxygen atoms in total. The van der Waals surface area contributed by atoms with Gasteiger partial charge in [0.05, 0.1) is 12.6 Å². The lowest BCUT2D eigenvalue weighted by atomic mass is 10.1. The van der Waals surface area contributed by atoms with Crippen LogP contribution in [0.25, 0.3) is 0 Å². The Balaban J connectivity index is 1.52. The number of hydrogen-bond acceptors (Lipinski definition) is 4. The average Bonchev–Trinajstić information content (AvgIpc) is 3.56. The van der Waals surface area contributed by atoms with Crippen molar-refractivity contribution < 1.29 is 18.7 Å². The van der Waals surface area contributed by atoms with Crippen LogP contribution < -0.4 is 5.32 Å². The minimum atomic E-state index is -0.330. The summed E-state index contributed by atoms with van der Waals surface area (Å²) in [5.74, 6) is -0.498. The predicted molar refractivity (Wildman–Crippen MR) is 140 cm³/mol. The first-order chi connectivity index (χ1) is 17.4. The molecule has 2 heterocycles. The van der Waals surface area contributed by atoms with E-state index in [1.165, 1.54) is 12.1 Å². The lowest BCUT2D eigenvalue weighted by Gasteiger charge is -2.29. The lowest BCUT2D eigenvalue weighted by Crippen LogP contribution is -2.46. The van der Waals surface area contributed by atoms with Crippen LogP contribution in [0.15, 0.2) is 60.0 Å². The Morgan fingerprint density at radius 2 is 1.89 bits per heavy atom. The largest absolute Gasteiger partial charge is 0.376 e. The molecule has 1 N–H and O–H groups in total. The van der Waals surface area contributed by atoms with Crippen LogP contribution in [-0.2, 0) is 22.6 Å². The van der Waals surface area contributed by atoms with Gasteiger partial charge in [-0.15, -0.1) is 11.3 Å². The fourth-order valence-corrected chi connectivity index (χ4v) is 5.02. The monoisotopic (exact) mass is 509 g/mol. The van der Waals surface area contributed by atoms with Gasteiger partial charge in [0, 0.05) is 30.3 Å². The van der Waals surface area contributed by atoms with Crippen molar-refractivity contribution in [1.82, 2.24) is 9.80 Å². The number of amides is 3. The molecule has 1 saturated heterocycles. The standard InChI is InChI=1S/C28H32FN3O3S/c1-20-7-12-26(21(2)15-20)30-28(34)32(17-24-5-3-13-35-24)19-27(33)31(18-25-6-4-14-36-25)16-22-8-10-23(29)11-9-22/h4,6-12,14-15,24H,3,5,13,16-19H2,1-2H3,(H,30,34)/t24-/m1/s1. The molecular weight excluding hydrogens is 477 g/mol. The maximum absolute atomic E-state index is 13.6. The molecule has 0 radical (unpaired) electrons. The van der Waals surface area contributed by atoms with Crippen molar-refractivity contribution in [3.8, 4) is 0 Å². The van der Waals surface area contributed by atoms with E-state index in [4.69, 9.17) is 4.74 Å². The van der Waals surface area contributed by atoms with E-state index in [2.05, 4.69) is 5.32 Å². The number of aryl methyl sites for hydroxylation is 2. The molecule has 3 amide bonds. The zero-order chi connectivity index (χ0) is 25.5. The number of nitrogens with zero attached hydrogens (tertiary/aromatic N) is 2. The Morgan fingerprint density at radius 3 is 2.56 bits per heavy atom. The number of carbonyl (C=O) groups is 2. The highest BCUT2D eigenvalue weighted by atomic mass is 32.1. The van der Waals surface area contributed by atoms with Gasteiger partial charge < -0.3 is 19.9 Å². The molecule has 0 bridgehead atoms. The lowest BCUT2D eigenvalue weighted by molar-refractivity contribution is -0.133. The minimum Gasteiger partial charge on any atom is -0.376 e. The summed E-state index contributed by atoms with van der Waals surface area (Å²) < 4.78 is 19.2. The molecule has 1 aromatic heterocycles. The van der Waals surface area contributed by atoms with E-state index in [1.807, 2.05) is 49.6 Å². The summed E-state index contributed by atoms with van der Waals surface area (Å²) >= 11 is 1.57. The molecule has 1 fully saturated rings. The highest BCUT2D eigenvalue weighted by Crippen LogP contribution is 2.20. The summed E-state index contributed by atoms with van der Waals surface area (Å²) in [4.78, 5) is 31.2. The smallest absolute Gasteiger partial charge is 0.322 e. The number of carbonyl (C=O) groups excluding carboxylic acids is 2. The predicted octanol–water partition coefficient (Wildman–Crippen LogP) is 5.75. The molecule has 1 aliphatic rings. The topological polar surface area (TPSA) is 61.9 Å². The normalized spacial score (nSPS) is 15.0. The second kappa shape index (κ2) is 12.1. The second-order valence-corrected chi connectivity index (χ2v) is 10.3. The molecule has 0 saturated carbocycles. The third-order valence-electron chi connectivity index (χ3n) is 6.25. The molecule has 2 aromatic carbocycles. The van der Waals surface area contributed by atoms with Gasteiger partial charge in [-0.25, -0.2) is 9.18 Å². The van der Waals surface area contributed by atoms with Gasteiger partial charge in [-0.05, 0) is 67.5 Å². The first kappa shape index (κ1) is 25.9. The molecular formula is C28H32FN3O3S. The van der Waals surface area contributed by atoms with Crippen LogP contribution in [0.4, 0.5) is 14.9 Å². The van der Waals surface area contributed by atoms with Crippen molar-refractivity contribution in [1.29, 1.82) is 0 Å². The van der Waals surface area contributed by atoms with Crippen LogP contribution in [-0.4, -0.2) is 47.5 Å². The number of rotatable bonds is 9. The number of thiophene rings is 1. The Labute approximate surface area is 215 Å². The molecule has 0 spiro atoms. The summed E-state index contributed by atoms with van der Waals surface area (Å²) in [6.07, 6.45) is 1.71. The van der Waals surface area contributed by atoms with Gasteiger partial charge in [0.25, 0.3) is 0 Å². The fourth-order valence-electron chi connectivity index (χ4n) is 4.30. The molecule has 3 aromatic rings. The molecule has 36 heavy (non-hydrogen) atoms. The quantitative estimate of drug-likeness (QED) is 0.400. The fraction of sp³-hybridized carbons (Fsp3) is 0.357. The third kappa shape index (κ3) is 7.15. The second-order valence-electron chi connectivity index (χ2n) is 9.22. The van der Waals surface area contributed by atoms with Crippen LogP contribution in [0.2, 0.25) is 0 Å². The van der Waals surface area contributed by atoms with Gasteiger partial charge in [0.2, 0.25) is 5.91 Å². The van der Waals surface area contributed by atoms with E-state index in [0.29, 0.717) is 26.2 Å². The van der Waals surface area contributed by atoms with E-state index in [1.54, 1.807) is 33.3 Å². The van der Waals surface area contributed by atoms with E-state index in [0.717, 1.165) is 40.1 Å². The molecule has 1 atom stereocenters. The summed E-state index contributed by atoms with van der Waals surface area (Å²) in [6, 6.07) is 15.6. The van der Waals surface area contributed by atoms with Crippen molar-refractivity contribution in [2.75, 3.05) is 25.0 Å². The Bertz CT molecular complexity index is 1160. The number of anilines is 1. The Hall–Kier alpha value is -3.23. The average molecular weight is 510 g/mol. The van der Waals surface area contributed by atoms with E-state index in [-0.39, 0.29) is 30.4 Å². The molecule has 190 valence electrons. The van der Waals surface area contributed by atoms with Crippen molar-refractivity contribution in [3.05, 3.63) is 87.4 Å². The van der Waals surface area contributed by atoms with Crippen molar-refractivity contribution in [2.45, 2.75) is 45.9 Å². The molecule has 4 rings (SSSR count). The van der Waals surface area contributed by atoms with E-state index >= 15 is 0 Å². The molecule has 8 heteroatoms. The SMILES string of the molecule is Cc1ccc(NC(=O)N(CC(=O)N(Cc2ccc(F)cc2)Cc2cccs2)C[C@H]2CCCO2)c(C)c1. The van der Waals surface area contributed by atoms with Crippen LogP contribution in [0, 0.1) is 19.7 Å². The number of halogens is 1. The van der Waals surface area contributed by atoms with Gasteiger partial charge in [-0.2, -0.15) is 0 Å². The Morgan fingerprint density at radius 1 is 1.08 bits per heavy atom. The first-order valence-electron chi connectivity index (χ1n) is 12.2. The number of hydrogen-bond donors (Lipinski definition) is 1.